The highest BCUT2D eigenvalue weighted by Crippen LogP contribution is 2.31. The molecule has 0 aromatic carbocycles. The van der Waals surface area contributed by atoms with Gasteiger partial charge in [0.1, 0.15) is 0 Å². The smallest absolute Gasteiger partial charge is 0.222 e. The molecule has 0 radical (unpaired) electrons. The lowest BCUT2D eigenvalue weighted by Crippen LogP contribution is -2.48. The van der Waals surface area contributed by atoms with E-state index in [9.17, 15) is 4.79 Å². The largest absolute Gasteiger partial charge is 0.352 e. The van der Waals surface area contributed by atoms with Crippen LogP contribution in [0.2, 0.25) is 0 Å². The second-order valence-corrected chi connectivity index (χ2v) is 4.62. The van der Waals surface area contributed by atoms with Gasteiger partial charge in [-0.25, -0.2) is 0 Å². The van der Waals surface area contributed by atoms with Crippen LogP contribution in [-0.4, -0.2) is 24.5 Å². The number of fused-ring (bicyclic) bond motifs is 2. The minimum absolute atomic E-state index is 0.110. The molecule has 2 N–H and O–H groups in total. The highest BCUT2D eigenvalue weighted by Gasteiger charge is 2.39. The first-order chi connectivity index (χ1) is 6.16. The van der Waals surface area contributed by atoms with Crippen molar-refractivity contribution in [3.8, 4) is 0 Å². The summed E-state index contributed by atoms with van der Waals surface area (Å²) in [5, 5.41) is 6.54. The van der Waals surface area contributed by atoms with Gasteiger partial charge in [-0.1, -0.05) is 13.8 Å². The first-order valence-electron chi connectivity index (χ1n) is 5.20. The van der Waals surface area contributed by atoms with Crippen molar-refractivity contribution in [3.05, 3.63) is 0 Å². The SMILES string of the molecule is CC(C)C(=O)NC1CC2CNC1C2. The normalized spacial score (nSPS) is 37.0. The fourth-order valence-corrected chi connectivity index (χ4v) is 2.36. The zero-order valence-corrected chi connectivity index (χ0v) is 8.34. The number of amides is 1. The Labute approximate surface area is 79.3 Å². The maximum absolute atomic E-state index is 11.4. The van der Waals surface area contributed by atoms with Crippen molar-refractivity contribution in [1.82, 2.24) is 10.6 Å². The zero-order chi connectivity index (χ0) is 9.42. The lowest BCUT2D eigenvalue weighted by molar-refractivity contribution is -0.124. The second-order valence-electron chi connectivity index (χ2n) is 4.62. The third-order valence-electron chi connectivity index (χ3n) is 3.18. The average Bonchev–Trinajstić information content (AvgIpc) is 2.64. The third-order valence-corrected chi connectivity index (χ3v) is 3.18. The van der Waals surface area contributed by atoms with Gasteiger partial charge in [0.15, 0.2) is 0 Å². The number of piperidine rings is 1. The van der Waals surface area contributed by atoms with Gasteiger partial charge in [0, 0.05) is 18.0 Å². The maximum atomic E-state index is 11.4. The molecule has 2 bridgehead atoms. The Morgan fingerprint density at radius 1 is 1.46 bits per heavy atom. The van der Waals surface area contributed by atoms with Gasteiger partial charge in [-0.2, -0.15) is 0 Å². The lowest BCUT2D eigenvalue weighted by Gasteiger charge is -2.24. The summed E-state index contributed by atoms with van der Waals surface area (Å²) >= 11 is 0. The standard InChI is InChI=1S/C10H18N2O/c1-6(2)10(13)12-9-4-7-3-8(9)11-5-7/h6-9,11H,3-5H2,1-2H3,(H,12,13). The first kappa shape index (κ1) is 9.00. The molecule has 1 aliphatic heterocycles. The van der Waals surface area contributed by atoms with Gasteiger partial charge in [-0.05, 0) is 25.3 Å². The zero-order valence-electron chi connectivity index (χ0n) is 8.34. The van der Waals surface area contributed by atoms with Gasteiger partial charge in [0.2, 0.25) is 5.91 Å². The van der Waals surface area contributed by atoms with E-state index in [0.717, 1.165) is 12.5 Å². The molecule has 13 heavy (non-hydrogen) atoms. The van der Waals surface area contributed by atoms with Gasteiger partial charge < -0.3 is 10.6 Å². The van der Waals surface area contributed by atoms with Crippen LogP contribution in [0.4, 0.5) is 0 Å². The molecule has 3 nitrogen and oxygen atoms in total. The molecule has 2 fully saturated rings. The Hall–Kier alpha value is -0.570. The average molecular weight is 182 g/mol. The fourth-order valence-electron chi connectivity index (χ4n) is 2.36. The minimum Gasteiger partial charge on any atom is -0.352 e. The Morgan fingerprint density at radius 2 is 2.23 bits per heavy atom. The van der Waals surface area contributed by atoms with Crippen molar-refractivity contribution in [1.29, 1.82) is 0 Å². The Balaban J connectivity index is 1.86. The number of hydrogen-bond donors (Lipinski definition) is 2. The molecule has 2 aliphatic rings. The van der Waals surface area contributed by atoms with E-state index < -0.39 is 0 Å². The number of carbonyl (C=O) groups excluding carboxylic acids is 1. The molecule has 3 heteroatoms. The van der Waals surface area contributed by atoms with Gasteiger partial charge in [-0.3, -0.25) is 4.79 Å². The van der Waals surface area contributed by atoms with Crippen LogP contribution < -0.4 is 10.6 Å². The van der Waals surface area contributed by atoms with E-state index in [4.69, 9.17) is 0 Å². The lowest BCUT2D eigenvalue weighted by atomic mass is 10.1. The Bertz CT molecular complexity index is 215. The predicted octanol–water partition coefficient (Wildman–Crippen LogP) is 0.509. The van der Waals surface area contributed by atoms with E-state index in [1.807, 2.05) is 13.8 Å². The summed E-state index contributed by atoms with van der Waals surface area (Å²) in [4.78, 5) is 11.4. The number of hydrogen-bond acceptors (Lipinski definition) is 2. The fraction of sp³-hybridized carbons (Fsp3) is 0.900. The highest BCUT2D eigenvalue weighted by molar-refractivity contribution is 5.78. The minimum atomic E-state index is 0.110. The van der Waals surface area contributed by atoms with Gasteiger partial charge in [0.05, 0.1) is 0 Å². The molecular weight excluding hydrogens is 164 g/mol. The topological polar surface area (TPSA) is 41.1 Å². The van der Waals surface area contributed by atoms with Crippen molar-refractivity contribution >= 4 is 5.91 Å². The summed E-state index contributed by atoms with van der Waals surface area (Å²) in [5.74, 6) is 1.11. The summed E-state index contributed by atoms with van der Waals surface area (Å²) in [5.41, 5.74) is 0. The molecule has 0 spiro atoms. The van der Waals surface area contributed by atoms with E-state index in [1.54, 1.807) is 0 Å². The van der Waals surface area contributed by atoms with Crippen molar-refractivity contribution in [2.24, 2.45) is 11.8 Å². The third kappa shape index (κ3) is 1.70. The molecule has 1 heterocycles. The molecule has 0 aromatic heterocycles. The van der Waals surface area contributed by atoms with Crippen LogP contribution in [0.5, 0.6) is 0 Å². The quantitative estimate of drug-likeness (QED) is 0.653. The van der Waals surface area contributed by atoms with Crippen LogP contribution in [0.15, 0.2) is 0 Å². The molecule has 74 valence electrons. The van der Waals surface area contributed by atoms with E-state index in [0.29, 0.717) is 12.1 Å². The van der Waals surface area contributed by atoms with Crippen LogP contribution in [0.25, 0.3) is 0 Å². The molecule has 1 saturated heterocycles. The summed E-state index contributed by atoms with van der Waals surface area (Å²) in [6.07, 6.45) is 2.43. The summed E-state index contributed by atoms with van der Waals surface area (Å²) < 4.78 is 0. The van der Waals surface area contributed by atoms with E-state index in [2.05, 4.69) is 10.6 Å². The molecule has 2 rings (SSSR count). The predicted molar refractivity (Wildman–Crippen MR) is 51.3 cm³/mol. The summed E-state index contributed by atoms with van der Waals surface area (Å²) in [6, 6.07) is 0.946. The van der Waals surface area contributed by atoms with Crippen LogP contribution in [-0.2, 0) is 4.79 Å². The van der Waals surface area contributed by atoms with Crippen molar-refractivity contribution < 1.29 is 4.79 Å². The van der Waals surface area contributed by atoms with Crippen LogP contribution in [0.1, 0.15) is 26.7 Å². The number of rotatable bonds is 2. The van der Waals surface area contributed by atoms with Gasteiger partial charge >= 0.3 is 0 Å². The number of nitrogens with one attached hydrogen (secondary N) is 2. The molecule has 3 atom stereocenters. The maximum Gasteiger partial charge on any atom is 0.222 e. The van der Waals surface area contributed by atoms with E-state index in [1.165, 1.54) is 12.8 Å². The molecule has 1 saturated carbocycles. The second kappa shape index (κ2) is 3.29. The Morgan fingerprint density at radius 3 is 2.69 bits per heavy atom. The highest BCUT2D eigenvalue weighted by atomic mass is 16.1. The van der Waals surface area contributed by atoms with Crippen LogP contribution >= 0.6 is 0 Å². The molecular formula is C10H18N2O. The van der Waals surface area contributed by atoms with Crippen molar-refractivity contribution in [3.63, 3.8) is 0 Å². The van der Waals surface area contributed by atoms with Crippen LogP contribution in [0.3, 0.4) is 0 Å². The number of carbonyl (C=O) groups is 1. The van der Waals surface area contributed by atoms with E-state index >= 15 is 0 Å². The van der Waals surface area contributed by atoms with Crippen molar-refractivity contribution in [2.45, 2.75) is 38.8 Å². The summed E-state index contributed by atoms with van der Waals surface area (Å²) in [6.45, 7) is 5.03. The van der Waals surface area contributed by atoms with Gasteiger partial charge in [-0.15, -0.1) is 0 Å². The molecule has 3 unspecified atom stereocenters. The monoisotopic (exact) mass is 182 g/mol. The summed E-state index contributed by atoms with van der Waals surface area (Å²) in [7, 11) is 0. The first-order valence-corrected chi connectivity index (χ1v) is 5.20. The molecule has 1 amide bonds. The van der Waals surface area contributed by atoms with Gasteiger partial charge in [0.25, 0.3) is 0 Å². The molecule has 0 aromatic rings. The van der Waals surface area contributed by atoms with Crippen LogP contribution in [0, 0.1) is 11.8 Å². The van der Waals surface area contributed by atoms with E-state index in [-0.39, 0.29) is 11.8 Å². The Kier molecular flexibility index (Phi) is 2.28. The van der Waals surface area contributed by atoms with Crippen molar-refractivity contribution in [2.75, 3.05) is 6.54 Å². The molecule has 1 aliphatic carbocycles.